The van der Waals surface area contributed by atoms with Gasteiger partial charge in [-0.1, -0.05) is 18.2 Å². The smallest absolute Gasteiger partial charge is 0.320 e. The Morgan fingerprint density at radius 3 is 2.22 bits per heavy atom. The Bertz CT molecular complexity index is 2580. The van der Waals surface area contributed by atoms with Gasteiger partial charge < -0.3 is 25.2 Å². The highest BCUT2D eigenvalue weighted by Crippen LogP contribution is 2.37. The average molecular weight is 851 g/mol. The third-order valence-electron chi connectivity index (χ3n) is 13.6. The topological polar surface area (TPSA) is 189 Å². The molecule has 3 aromatic carbocycles. The Morgan fingerprint density at radius 1 is 0.762 bits per heavy atom. The van der Waals surface area contributed by atoms with Crippen LogP contribution in [0.1, 0.15) is 84.5 Å². The summed E-state index contributed by atoms with van der Waals surface area (Å²) < 4.78 is 7.95. The molecule has 3 N–H and O–H groups in total. The number of hydrogen-bond acceptors (Lipinski definition) is 11. The van der Waals surface area contributed by atoms with Crippen molar-refractivity contribution in [1.82, 2.24) is 39.8 Å². The van der Waals surface area contributed by atoms with Crippen molar-refractivity contribution in [3.8, 4) is 22.8 Å². The van der Waals surface area contributed by atoms with Crippen LogP contribution < -0.4 is 20.7 Å². The number of urea groups is 1. The van der Waals surface area contributed by atoms with Crippen LogP contribution in [0.2, 0.25) is 0 Å². The first-order valence-electron chi connectivity index (χ1n) is 22.1. The number of carbonyl (C=O) groups is 5. The predicted octanol–water partition coefficient (Wildman–Crippen LogP) is 6.04. The van der Waals surface area contributed by atoms with Crippen LogP contribution >= 0.6 is 0 Å². The first-order chi connectivity index (χ1) is 30.7. The Morgan fingerprint density at radius 2 is 1.48 bits per heavy atom. The molecular formula is C47H50N10O6. The number of likely N-dealkylation sites (tertiary alicyclic amines) is 2. The van der Waals surface area contributed by atoms with Gasteiger partial charge in [0.15, 0.2) is 5.65 Å². The number of nitrogens with two attached hydrogens (primary N) is 1. The van der Waals surface area contributed by atoms with E-state index in [0.717, 1.165) is 93.0 Å². The number of carbonyl (C=O) groups excluding carboxylic acids is 5. The number of benzene rings is 3. The minimum Gasteiger partial charge on any atom is -0.457 e. The van der Waals surface area contributed by atoms with Gasteiger partial charge in [0, 0.05) is 56.9 Å². The van der Waals surface area contributed by atoms with Crippen LogP contribution in [0, 0.1) is 11.8 Å². The van der Waals surface area contributed by atoms with Crippen molar-refractivity contribution in [3.05, 3.63) is 90.3 Å². The van der Waals surface area contributed by atoms with Crippen LogP contribution in [0.4, 0.5) is 16.3 Å². The van der Waals surface area contributed by atoms with Gasteiger partial charge in [0.05, 0.1) is 22.6 Å². The average Bonchev–Trinajstić information content (AvgIpc) is 3.82. The fourth-order valence-corrected chi connectivity index (χ4v) is 10.2. The molecule has 2 unspecified atom stereocenters. The summed E-state index contributed by atoms with van der Waals surface area (Å²) in [6.45, 7) is 4.41. The molecular weight excluding hydrogens is 801 g/mol. The normalized spacial score (nSPS) is 21.3. The van der Waals surface area contributed by atoms with E-state index in [1.807, 2.05) is 75.1 Å². The molecule has 324 valence electrons. The van der Waals surface area contributed by atoms with Crippen molar-refractivity contribution in [3.63, 3.8) is 0 Å². The minimum absolute atomic E-state index is 0.0651. The molecule has 2 aromatic heterocycles. The standard InChI is InChI=1S/C47H50N10O6/c48-42-40-41(31-8-11-35(12-9-31)63-34-6-2-1-3-7-34)52-57(43(40)50-28-49-42)33-5-4-20-55(27-33)47(62)54-23-18-30(19-24-54)25-29-16-21-53(22-17-29)32-10-13-36-37(26-32)46(61)56(45(36)60)38-14-15-39(58)51-44(38)59/h1-3,6-13,26,28-30,33,38H,4-5,14-25,27H2,(H2,48,49,50)(H,51,58,59). The Labute approximate surface area is 364 Å². The van der Waals surface area contributed by atoms with Crippen molar-refractivity contribution >= 4 is 52.2 Å². The highest BCUT2D eigenvalue weighted by Gasteiger charge is 2.45. The van der Waals surface area contributed by atoms with Gasteiger partial charge in [-0.25, -0.2) is 19.4 Å². The van der Waals surface area contributed by atoms with Crippen molar-refractivity contribution in [1.29, 1.82) is 0 Å². The van der Waals surface area contributed by atoms with E-state index in [4.69, 9.17) is 15.6 Å². The van der Waals surface area contributed by atoms with E-state index in [2.05, 4.69) is 20.2 Å². The second-order valence-electron chi connectivity index (χ2n) is 17.5. The lowest BCUT2D eigenvalue weighted by Crippen LogP contribution is -2.54. The number of amides is 6. The second kappa shape index (κ2) is 16.8. The van der Waals surface area contributed by atoms with Crippen LogP contribution in [0.15, 0.2) is 79.1 Å². The van der Waals surface area contributed by atoms with Gasteiger partial charge in [0.2, 0.25) is 11.8 Å². The van der Waals surface area contributed by atoms with E-state index in [1.54, 1.807) is 12.1 Å². The summed E-state index contributed by atoms with van der Waals surface area (Å²) in [4.78, 5) is 81.0. The molecule has 0 bridgehead atoms. The first kappa shape index (κ1) is 40.2. The van der Waals surface area contributed by atoms with E-state index in [9.17, 15) is 24.0 Å². The molecule has 0 radical (unpaired) electrons. The van der Waals surface area contributed by atoms with Crippen LogP contribution in [0.25, 0.3) is 22.3 Å². The maximum absolute atomic E-state index is 14.0. The summed E-state index contributed by atoms with van der Waals surface area (Å²) in [5, 5.41) is 8.03. The van der Waals surface area contributed by atoms with Gasteiger partial charge in [-0.15, -0.1) is 0 Å². The Balaban J connectivity index is 0.724. The Kier molecular flexibility index (Phi) is 10.7. The molecule has 10 rings (SSSR count). The van der Waals surface area contributed by atoms with Gasteiger partial charge in [0.1, 0.15) is 35.4 Å². The number of imide groups is 2. The number of nitrogens with one attached hydrogen (secondary N) is 1. The minimum atomic E-state index is -0.978. The molecule has 6 amide bonds. The number of rotatable bonds is 8. The zero-order chi connectivity index (χ0) is 43.2. The molecule has 4 fully saturated rings. The van der Waals surface area contributed by atoms with Crippen molar-refractivity contribution < 1.29 is 28.7 Å². The molecule has 4 saturated heterocycles. The van der Waals surface area contributed by atoms with Crippen LogP contribution in [-0.4, -0.2) is 109 Å². The number of hydrogen-bond donors (Lipinski definition) is 2. The van der Waals surface area contributed by atoms with Gasteiger partial charge in [-0.05, 0) is 118 Å². The SMILES string of the molecule is Nc1ncnc2c1c(-c1ccc(Oc3ccccc3)cc1)nn2C1CCCN(C(=O)N2CCC(CC3CCN(c4ccc5c(c4)C(=O)N(C4CCC(=O)NC4=O)C5=O)CC3)CC2)C1. The molecule has 16 heteroatoms. The lowest BCUT2D eigenvalue weighted by atomic mass is 9.82. The number of anilines is 2. The van der Waals surface area contributed by atoms with Crippen LogP contribution in [0.3, 0.4) is 0 Å². The number of ether oxygens (including phenoxy) is 1. The summed E-state index contributed by atoms with van der Waals surface area (Å²) in [7, 11) is 0. The molecule has 0 saturated carbocycles. The fourth-order valence-electron chi connectivity index (χ4n) is 10.2. The maximum Gasteiger partial charge on any atom is 0.320 e. The first-order valence-corrected chi connectivity index (χ1v) is 22.1. The molecule has 5 aliphatic rings. The number of fused-ring (bicyclic) bond motifs is 2. The molecule has 5 aliphatic heterocycles. The Hall–Kier alpha value is -6.84. The monoisotopic (exact) mass is 850 g/mol. The highest BCUT2D eigenvalue weighted by atomic mass is 16.5. The molecule has 7 heterocycles. The predicted molar refractivity (Wildman–Crippen MR) is 234 cm³/mol. The fraction of sp³-hybridized carbons (Fsp3) is 0.404. The molecule has 2 atom stereocenters. The van der Waals surface area contributed by atoms with E-state index in [0.29, 0.717) is 64.3 Å². The lowest BCUT2D eigenvalue weighted by Gasteiger charge is -2.40. The molecule has 5 aromatic rings. The van der Waals surface area contributed by atoms with Crippen molar-refractivity contribution in [2.45, 2.75) is 69.9 Å². The zero-order valence-electron chi connectivity index (χ0n) is 35.0. The zero-order valence-corrected chi connectivity index (χ0v) is 35.0. The summed E-state index contributed by atoms with van der Waals surface area (Å²) >= 11 is 0. The summed E-state index contributed by atoms with van der Waals surface area (Å²) in [5.74, 6) is 0.978. The van der Waals surface area contributed by atoms with E-state index >= 15 is 0 Å². The van der Waals surface area contributed by atoms with Crippen LogP contribution in [0.5, 0.6) is 11.5 Å². The number of piperidine rings is 4. The molecule has 16 nitrogen and oxygen atoms in total. The van der Waals surface area contributed by atoms with Crippen LogP contribution in [-0.2, 0) is 9.59 Å². The van der Waals surface area contributed by atoms with Gasteiger partial charge in [0.25, 0.3) is 11.8 Å². The van der Waals surface area contributed by atoms with Gasteiger partial charge in [-0.3, -0.25) is 29.4 Å². The lowest BCUT2D eigenvalue weighted by molar-refractivity contribution is -0.136. The third kappa shape index (κ3) is 7.82. The highest BCUT2D eigenvalue weighted by molar-refractivity contribution is 6.23. The van der Waals surface area contributed by atoms with E-state index in [-0.39, 0.29) is 24.9 Å². The maximum atomic E-state index is 14.0. The van der Waals surface area contributed by atoms with E-state index < -0.39 is 29.7 Å². The van der Waals surface area contributed by atoms with Crippen molar-refractivity contribution in [2.75, 3.05) is 49.9 Å². The van der Waals surface area contributed by atoms with E-state index in [1.165, 1.54) is 6.33 Å². The quantitative estimate of drug-likeness (QED) is 0.173. The molecule has 0 spiro atoms. The van der Waals surface area contributed by atoms with Gasteiger partial charge >= 0.3 is 6.03 Å². The number of para-hydroxylation sites is 1. The number of nitrogens with zero attached hydrogens (tertiary/aromatic N) is 8. The third-order valence-corrected chi connectivity index (χ3v) is 13.6. The summed E-state index contributed by atoms with van der Waals surface area (Å²) in [6.07, 6.45) is 8.54. The van der Waals surface area contributed by atoms with Gasteiger partial charge in [-0.2, -0.15) is 5.10 Å². The second-order valence-corrected chi connectivity index (χ2v) is 17.5. The summed E-state index contributed by atoms with van der Waals surface area (Å²) in [6, 6.07) is 21.8. The largest absolute Gasteiger partial charge is 0.457 e. The number of aromatic nitrogens is 4. The van der Waals surface area contributed by atoms with Crippen molar-refractivity contribution in [2.24, 2.45) is 11.8 Å². The molecule has 63 heavy (non-hydrogen) atoms. The summed E-state index contributed by atoms with van der Waals surface area (Å²) in [5.41, 5.74) is 10.2. The molecule has 0 aliphatic carbocycles. The number of nitrogen functional groups attached to an aromatic ring is 1.